The van der Waals surface area contributed by atoms with Crippen LogP contribution in [-0.2, 0) is 10.2 Å². The Morgan fingerprint density at radius 1 is 1.41 bits per heavy atom. The summed E-state index contributed by atoms with van der Waals surface area (Å²) in [6, 6.07) is 12.6. The Morgan fingerprint density at radius 2 is 2.09 bits per heavy atom. The van der Waals surface area contributed by atoms with Gasteiger partial charge < -0.3 is 5.32 Å². The van der Waals surface area contributed by atoms with Crippen molar-refractivity contribution in [3.8, 4) is 6.07 Å². The second-order valence-corrected chi connectivity index (χ2v) is 6.28. The molecule has 4 heteroatoms. The number of likely N-dealkylation sites (N-methyl/N-ethyl adjacent to an activating group) is 1. The van der Waals surface area contributed by atoms with Crippen molar-refractivity contribution in [3.05, 3.63) is 35.9 Å². The maximum absolute atomic E-state index is 12.2. The molecule has 1 fully saturated rings. The summed E-state index contributed by atoms with van der Waals surface area (Å²) in [5.74, 6) is 0.000962. The zero-order chi connectivity index (χ0) is 16.0. The molecule has 0 spiro atoms. The van der Waals surface area contributed by atoms with Crippen LogP contribution in [0, 0.1) is 17.2 Å². The van der Waals surface area contributed by atoms with Crippen molar-refractivity contribution in [2.24, 2.45) is 5.92 Å². The molecule has 2 rings (SSSR count). The zero-order valence-corrected chi connectivity index (χ0v) is 13.5. The average Bonchev–Trinajstić information content (AvgIpc) is 3.34. The first-order valence-corrected chi connectivity index (χ1v) is 8.04. The van der Waals surface area contributed by atoms with Crippen LogP contribution < -0.4 is 5.32 Å². The van der Waals surface area contributed by atoms with Crippen molar-refractivity contribution in [3.63, 3.8) is 0 Å². The number of hydrogen-bond donors (Lipinski definition) is 1. The largest absolute Gasteiger partial charge is 0.354 e. The van der Waals surface area contributed by atoms with Crippen LogP contribution in [0.3, 0.4) is 0 Å². The molecular formula is C18H25N3O. The second-order valence-electron chi connectivity index (χ2n) is 6.28. The molecular weight excluding hydrogens is 274 g/mol. The first-order valence-electron chi connectivity index (χ1n) is 8.04. The van der Waals surface area contributed by atoms with Crippen LogP contribution >= 0.6 is 0 Å². The number of amides is 1. The smallest absolute Gasteiger partial charge is 0.234 e. The quantitative estimate of drug-likeness (QED) is 0.801. The average molecular weight is 299 g/mol. The van der Waals surface area contributed by atoms with Gasteiger partial charge in [-0.25, -0.2) is 0 Å². The van der Waals surface area contributed by atoms with E-state index in [4.69, 9.17) is 5.26 Å². The summed E-state index contributed by atoms with van der Waals surface area (Å²) in [6.07, 6.45) is 2.28. The molecule has 1 aliphatic rings. The van der Waals surface area contributed by atoms with Crippen molar-refractivity contribution >= 4 is 5.91 Å². The first kappa shape index (κ1) is 16.5. The molecule has 1 aromatic carbocycles. The Bertz CT molecular complexity index is 531. The van der Waals surface area contributed by atoms with Gasteiger partial charge in [0.05, 0.1) is 18.5 Å². The molecule has 0 aliphatic heterocycles. The zero-order valence-electron chi connectivity index (χ0n) is 13.5. The van der Waals surface area contributed by atoms with Crippen molar-refractivity contribution in [1.29, 1.82) is 5.26 Å². The molecule has 1 atom stereocenters. The van der Waals surface area contributed by atoms with Crippen molar-refractivity contribution in [2.75, 3.05) is 26.2 Å². The summed E-state index contributed by atoms with van der Waals surface area (Å²) >= 11 is 0. The van der Waals surface area contributed by atoms with Gasteiger partial charge in [-0.05, 0) is 31.9 Å². The highest BCUT2D eigenvalue weighted by Crippen LogP contribution is 2.47. The summed E-state index contributed by atoms with van der Waals surface area (Å²) in [7, 11) is 0. The third-order valence-corrected chi connectivity index (χ3v) is 4.43. The van der Waals surface area contributed by atoms with Gasteiger partial charge in [0.15, 0.2) is 0 Å². The van der Waals surface area contributed by atoms with Gasteiger partial charge in [0.1, 0.15) is 0 Å². The topological polar surface area (TPSA) is 56.1 Å². The molecule has 0 saturated heterocycles. The van der Waals surface area contributed by atoms with E-state index in [1.54, 1.807) is 0 Å². The number of hydrogen-bond acceptors (Lipinski definition) is 3. The summed E-state index contributed by atoms with van der Waals surface area (Å²) < 4.78 is 0. The normalized spacial score (nSPS) is 16.8. The van der Waals surface area contributed by atoms with Crippen LogP contribution in [0.4, 0.5) is 0 Å². The van der Waals surface area contributed by atoms with E-state index >= 15 is 0 Å². The number of nitrogens with zero attached hydrogens (tertiary/aromatic N) is 2. The Hall–Kier alpha value is -1.86. The van der Waals surface area contributed by atoms with Gasteiger partial charge in [-0.2, -0.15) is 5.26 Å². The lowest BCUT2D eigenvalue weighted by Gasteiger charge is -2.22. The number of rotatable bonds is 8. The molecule has 1 N–H and O–H groups in total. The standard InChI is InChI=1S/C18H25N3O/c1-3-21(12-15(2)11-19)13-17(22)20-14-18(9-10-18)16-7-5-4-6-8-16/h4-8,15H,3,9-10,12-14H2,1-2H3,(H,20,22)/t15-/m1/s1. The van der Waals surface area contributed by atoms with Gasteiger partial charge in [0, 0.05) is 18.5 Å². The predicted molar refractivity (Wildman–Crippen MR) is 87.3 cm³/mol. The molecule has 0 unspecified atom stereocenters. The summed E-state index contributed by atoms with van der Waals surface area (Å²) in [6.45, 7) is 6.40. The number of nitrogens with one attached hydrogen (secondary N) is 1. The van der Waals surface area contributed by atoms with Crippen LogP contribution in [0.25, 0.3) is 0 Å². The highest BCUT2D eigenvalue weighted by Gasteiger charge is 2.44. The van der Waals surface area contributed by atoms with Crippen LogP contribution in [0.2, 0.25) is 0 Å². The highest BCUT2D eigenvalue weighted by molar-refractivity contribution is 5.78. The maximum atomic E-state index is 12.2. The molecule has 1 saturated carbocycles. The second kappa shape index (κ2) is 7.42. The van der Waals surface area contributed by atoms with E-state index in [1.807, 2.05) is 24.8 Å². The van der Waals surface area contributed by atoms with E-state index in [0.717, 1.165) is 19.4 Å². The molecule has 0 bridgehead atoms. The number of benzene rings is 1. The Labute approximate surface area is 133 Å². The SMILES string of the molecule is CCN(CC(=O)NCC1(c2ccccc2)CC1)C[C@H](C)C#N. The van der Waals surface area contributed by atoms with Crippen LogP contribution in [0.1, 0.15) is 32.3 Å². The lowest BCUT2D eigenvalue weighted by Crippen LogP contribution is -2.41. The fourth-order valence-corrected chi connectivity index (χ4v) is 2.77. The molecule has 0 aromatic heterocycles. The minimum atomic E-state index is -0.0492. The van der Waals surface area contributed by atoms with Crippen molar-refractivity contribution in [1.82, 2.24) is 10.2 Å². The Morgan fingerprint density at radius 3 is 2.64 bits per heavy atom. The van der Waals surface area contributed by atoms with Gasteiger partial charge >= 0.3 is 0 Å². The predicted octanol–water partition coefficient (Wildman–Crippen LogP) is 2.32. The van der Waals surface area contributed by atoms with Gasteiger partial charge in [0.2, 0.25) is 5.91 Å². The third kappa shape index (κ3) is 4.32. The molecule has 1 aliphatic carbocycles. The summed E-state index contributed by atoms with van der Waals surface area (Å²) in [5, 5.41) is 12.0. The molecule has 118 valence electrons. The Balaban J connectivity index is 1.82. The highest BCUT2D eigenvalue weighted by atomic mass is 16.2. The third-order valence-electron chi connectivity index (χ3n) is 4.43. The molecule has 1 amide bonds. The minimum Gasteiger partial charge on any atom is -0.354 e. The molecule has 22 heavy (non-hydrogen) atoms. The minimum absolute atomic E-state index is 0.0492. The van der Waals surface area contributed by atoms with Gasteiger partial charge in [-0.1, -0.05) is 37.3 Å². The van der Waals surface area contributed by atoms with E-state index in [9.17, 15) is 4.79 Å². The lowest BCUT2D eigenvalue weighted by atomic mass is 9.96. The van der Waals surface area contributed by atoms with Gasteiger partial charge in [-0.3, -0.25) is 9.69 Å². The van der Waals surface area contributed by atoms with Gasteiger partial charge in [0.25, 0.3) is 0 Å². The van der Waals surface area contributed by atoms with E-state index in [0.29, 0.717) is 19.6 Å². The van der Waals surface area contributed by atoms with E-state index in [2.05, 4.69) is 35.7 Å². The van der Waals surface area contributed by atoms with E-state index in [-0.39, 0.29) is 17.2 Å². The summed E-state index contributed by atoms with van der Waals surface area (Å²) in [5.41, 5.74) is 1.47. The number of carbonyl (C=O) groups is 1. The van der Waals surface area contributed by atoms with Crippen LogP contribution in [0.15, 0.2) is 30.3 Å². The Kier molecular flexibility index (Phi) is 5.57. The molecule has 0 radical (unpaired) electrons. The first-order chi connectivity index (χ1) is 10.6. The molecule has 0 heterocycles. The van der Waals surface area contributed by atoms with Crippen molar-refractivity contribution < 1.29 is 4.79 Å². The monoisotopic (exact) mass is 299 g/mol. The molecule has 4 nitrogen and oxygen atoms in total. The molecule has 1 aromatic rings. The summed E-state index contributed by atoms with van der Waals surface area (Å²) in [4.78, 5) is 14.2. The van der Waals surface area contributed by atoms with E-state index < -0.39 is 0 Å². The van der Waals surface area contributed by atoms with Crippen LogP contribution in [0.5, 0.6) is 0 Å². The van der Waals surface area contributed by atoms with Crippen LogP contribution in [-0.4, -0.2) is 37.0 Å². The van der Waals surface area contributed by atoms with Gasteiger partial charge in [-0.15, -0.1) is 0 Å². The fraction of sp³-hybridized carbons (Fsp3) is 0.556. The van der Waals surface area contributed by atoms with E-state index in [1.165, 1.54) is 5.56 Å². The number of carbonyl (C=O) groups excluding carboxylic acids is 1. The fourth-order valence-electron chi connectivity index (χ4n) is 2.77. The lowest BCUT2D eigenvalue weighted by molar-refractivity contribution is -0.122. The maximum Gasteiger partial charge on any atom is 0.234 e. The van der Waals surface area contributed by atoms with Crippen molar-refractivity contribution in [2.45, 2.75) is 32.1 Å². The number of nitriles is 1.